The van der Waals surface area contributed by atoms with Gasteiger partial charge in [-0.2, -0.15) is 0 Å². The maximum atomic E-state index is 13.3. The van der Waals surface area contributed by atoms with Crippen molar-refractivity contribution < 1.29 is 9.50 Å². The second kappa shape index (κ2) is 5.85. The lowest BCUT2D eigenvalue weighted by molar-refractivity contribution is 0.281. The summed E-state index contributed by atoms with van der Waals surface area (Å²) in [4.78, 5) is 2.14. The second-order valence-corrected chi connectivity index (χ2v) is 4.26. The van der Waals surface area contributed by atoms with E-state index < -0.39 is 0 Å². The molecule has 16 heavy (non-hydrogen) atoms. The van der Waals surface area contributed by atoms with Crippen molar-refractivity contribution in [1.29, 1.82) is 0 Å². The summed E-state index contributed by atoms with van der Waals surface area (Å²) >= 11 is 0. The number of benzene rings is 1. The lowest BCUT2D eigenvalue weighted by Crippen LogP contribution is -2.31. The van der Waals surface area contributed by atoms with E-state index in [-0.39, 0.29) is 12.4 Å². The summed E-state index contributed by atoms with van der Waals surface area (Å²) in [6.45, 7) is 7.04. The van der Waals surface area contributed by atoms with Crippen LogP contribution in [0.4, 0.5) is 10.1 Å². The van der Waals surface area contributed by atoms with E-state index in [2.05, 4.69) is 25.7 Å². The van der Waals surface area contributed by atoms with Gasteiger partial charge in [-0.25, -0.2) is 4.39 Å². The van der Waals surface area contributed by atoms with Crippen LogP contribution in [0.1, 0.15) is 32.8 Å². The number of hydrogen-bond acceptors (Lipinski definition) is 2. The maximum absolute atomic E-state index is 13.3. The van der Waals surface area contributed by atoms with Gasteiger partial charge in [-0.3, -0.25) is 0 Å². The largest absolute Gasteiger partial charge is 0.392 e. The van der Waals surface area contributed by atoms with Crippen molar-refractivity contribution in [3.8, 4) is 0 Å². The third-order valence-electron chi connectivity index (χ3n) is 2.54. The van der Waals surface area contributed by atoms with Crippen LogP contribution in [-0.4, -0.2) is 17.7 Å². The first-order valence-corrected chi connectivity index (χ1v) is 5.75. The zero-order valence-corrected chi connectivity index (χ0v) is 10.2. The highest BCUT2D eigenvalue weighted by molar-refractivity contribution is 5.49. The zero-order chi connectivity index (χ0) is 12.1. The van der Waals surface area contributed by atoms with Crippen LogP contribution in [0.15, 0.2) is 18.2 Å². The van der Waals surface area contributed by atoms with Crippen LogP contribution in [0.5, 0.6) is 0 Å². The van der Waals surface area contributed by atoms with Gasteiger partial charge in [0.05, 0.1) is 6.61 Å². The van der Waals surface area contributed by atoms with E-state index in [0.717, 1.165) is 18.7 Å². The van der Waals surface area contributed by atoms with Crippen molar-refractivity contribution in [2.24, 2.45) is 0 Å². The Morgan fingerprint density at radius 2 is 2.00 bits per heavy atom. The minimum Gasteiger partial charge on any atom is -0.392 e. The second-order valence-electron chi connectivity index (χ2n) is 4.26. The van der Waals surface area contributed by atoms with Gasteiger partial charge in [0.1, 0.15) is 5.82 Å². The molecule has 2 nitrogen and oxygen atoms in total. The molecule has 0 heterocycles. The number of anilines is 1. The normalized spacial score (nSPS) is 10.9. The fourth-order valence-electron chi connectivity index (χ4n) is 1.82. The molecule has 0 aliphatic rings. The smallest absolute Gasteiger partial charge is 0.125 e. The third kappa shape index (κ3) is 3.20. The summed E-state index contributed by atoms with van der Waals surface area (Å²) in [5, 5.41) is 9.05. The Morgan fingerprint density at radius 1 is 1.31 bits per heavy atom. The molecule has 90 valence electrons. The molecule has 1 N–H and O–H groups in total. The minimum atomic E-state index is -0.289. The monoisotopic (exact) mass is 225 g/mol. The van der Waals surface area contributed by atoms with Gasteiger partial charge in [0.2, 0.25) is 0 Å². The van der Waals surface area contributed by atoms with E-state index >= 15 is 0 Å². The first kappa shape index (κ1) is 13.0. The van der Waals surface area contributed by atoms with Gasteiger partial charge in [0.25, 0.3) is 0 Å². The number of aliphatic hydroxyl groups is 1. The van der Waals surface area contributed by atoms with Gasteiger partial charge in [0, 0.05) is 18.3 Å². The first-order valence-electron chi connectivity index (χ1n) is 5.75. The molecule has 0 amide bonds. The zero-order valence-electron chi connectivity index (χ0n) is 10.2. The Labute approximate surface area is 96.7 Å². The fraction of sp³-hybridized carbons (Fsp3) is 0.538. The predicted molar refractivity (Wildman–Crippen MR) is 65.1 cm³/mol. The molecule has 0 saturated heterocycles. The van der Waals surface area contributed by atoms with Gasteiger partial charge >= 0.3 is 0 Å². The molecular formula is C13H20FNO. The standard InChI is InChI=1S/C13H20FNO/c1-4-5-15(10(2)3)13-7-11(9-16)6-12(14)8-13/h6-8,10,16H,4-5,9H2,1-3H3. The Balaban J connectivity index is 3.03. The fourth-order valence-corrected chi connectivity index (χ4v) is 1.82. The third-order valence-corrected chi connectivity index (χ3v) is 2.54. The molecule has 0 fully saturated rings. The maximum Gasteiger partial charge on any atom is 0.125 e. The number of nitrogens with zero attached hydrogens (tertiary/aromatic N) is 1. The minimum absolute atomic E-state index is 0.122. The summed E-state index contributed by atoms with van der Waals surface area (Å²) in [7, 11) is 0. The number of aliphatic hydroxyl groups excluding tert-OH is 1. The summed E-state index contributed by atoms with van der Waals surface area (Å²) in [6, 6.07) is 5.06. The molecule has 0 aromatic heterocycles. The Kier molecular flexibility index (Phi) is 4.74. The highest BCUT2D eigenvalue weighted by atomic mass is 19.1. The molecule has 3 heteroatoms. The molecule has 0 bridgehead atoms. The first-order chi connectivity index (χ1) is 7.58. The molecule has 0 aliphatic heterocycles. The molecule has 0 spiro atoms. The van der Waals surface area contributed by atoms with Crippen LogP contribution in [-0.2, 0) is 6.61 Å². The average molecular weight is 225 g/mol. The molecule has 0 unspecified atom stereocenters. The van der Waals surface area contributed by atoms with Crippen molar-refractivity contribution in [2.75, 3.05) is 11.4 Å². The van der Waals surface area contributed by atoms with Crippen molar-refractivity contribution in [2.45, 2.75) is 39.8 Å². The molecule has 0 aliphatic carbocycles. The summed E-state index contributed by atoms with van der Waals surface area (Å²) in [5.41, 5.74) is 1.47. The van der Waals surface area contributed by atoms with Crippen LogP contribution in [0.2, 0.25) is 0 Å². The van der Waals surface area contributed by atoms with Crippen molar-refractivity contribution >= 4 is 5.69 Å². The van der Waals surface area contributed by atoms with Crippen LogP contribution in [0.3, 0.4) is 0 Å². The molecular weight excluding hydrogens is 205 g/mol. The Bertz CT molecular complexity index is 339. The summed E-state index contributed by atoms with van der Waals surface area (Å²) in [6.07, 6.45) is 1.02. The Hall–Kier alpha value is -1.09. The number of halogens is 1. The Morgan fingerprint density at radius 3 is 2.50 bits per heavy atom. The molecule has 0 atom stereocenters. The quantitative estimate of drug-likeness (QED) is 0.832. The summed E-state index contributed by atoms with van der Waals surface area (Å²) < 4.78 is 13.3. The van der Waals surface area contributed by atoms with Gasteiger partial charge in [-0.1, -0.05) is 6.92 Å². The van der Waals surface area contributed by atoms with Crippen LogP contribution < -0.4 is 4.90 Å². The lowest BCUT2D eigenvalue weighted by atomic mass is 10.1. The molecule has 1 aromatic carbocycles. The van der Waals surface area contributed by atoms with E-state index in [4.69, 9.17) is 5.11 Å². The molecule has 0 saturated carbocycles. The van der Waals surface area contributed by atoms with Crippen molar-refractivity contribution in [1.82, 2.24) is 0 Å². The van der Waals surface area contributed by atoms with E-state index in [1.165, 1.54) is 12.1 Å². The number of rotatable bonds is 5. The topological polar surface area (TPSA) is 23.5 Å². The summed E-state index contributed by atoms with van der Waals surface area (Å²) in [5.74, 6) is -0.289. The lowest BCUT2D eigenvalue weighted by Gasteiger charge is -2.29. The van der Waals surface area contributed by atoms with Crippen LogP contribution in [0.25, 0.3) is 0 Å². The van der Waals surface area contributed by atoms with Gasteiger partial charge in [-0.15, -0.1) is 0 Å². The van der Waals surface area contributed by atoms with E-state index in [1.54, 1.807) is 0 Å². The van der Waals surface area contributed by atoms with Crippen LogP contribution in [0, 0.1) is 5.82 Å². The van der Waals surface area contributed by atoms with Gasteiger partial charge in [0.15, 0.2) is 0 Å². The van der Waals surface area contributed by atoms with Gasteiger partial charge in [-0.05, 0) is 44.0 Å². The van der Waals surface area contributed by atoms with Crippen LogP contribution >= 0.6 is 0 Å². The van der Waals surface area contributed by atoms with E-state index in [0.29, 0.717) is 11.6 Å². The van der Waals surface area contributed by atoms with E-state index in [1.807, 2.05) is 6.07 Å². The highest BCUT2D eigenvalue weighted by Crippen LogP contribution is 2.21. The SMILES string of the molecule is CCCN(c1cc(F)cc(CO)c1)C(C)C. The van der Waals surface area contributed by atoms with Crippen molar-refractivity contribution in [3.05, 3.63) is 29.6 Å². The molecule has 1 rings (SSSR count). The number of hydrogen-bond donors (Lipinski definition) is 1. The molecule has 1 aromatic rings. The predicted octanol–water partition coefficient (Wildman–Crippen LogP) is 2.94. The average Bonchev–Trinajstić information content (AvgIpc) is 2.24. The van der Waals surface area contributed by atoms with Gasteiger partial charge < -0.3 is 10.0 Å². The highest BCUT2D eigenvalue weighted by Gasteiger charge is 2.11. The van der Waals surface area contributed by atoms with Crippen molar-refractivity contribution in [3.63, 3.8) is 0 Å². The molecule has 0 radical (unpaired) electrons. The van der Waals surface area contributed by atoms with E-state index in [9.17, 15) is 4.39 Å².